The first-order chi connectivity index (χ1) is 16.2. The Labute approximate surface area is 198 Å². The van der Waals surface area contributed by atoms with E-state index in [-0.39, 0.29) is 28.7 Å². The van der Waals surface area contributed by atoms with Gasteiger partial charge in [-0.1, -0.05) is 5.16 Å². The summed E-state index contributed by atoms with van der Waals surface area (Å²) in [5.74, 6) is -4.47. The van der Waals surface area contributed by atoms with E-state index in [0.717, 1.165) is 16.2 Å². The smallest absolute Gasteiger partial charge is 0.352 e. The maximum absolute atomic E-state index is 12.9. The Balaban J connectivity index is 1.53. The number of rotatable bonds is 8. The molecule has 34 heavy (non-hydrogen) atoms. The van der Waals surface area contributed by atoms with Gasteiger partial charge in [0.25, 0.3) is 11.8 Å². The number of esters is 1. The quantitative estimate of drug-likeness (QED) is 0.143. The lowest BCUT2D eigenvalue weighted by atomic mass is 9.99. The fourth-order valence-electron chi connectivity index (χ4n) is 3.62. The molecule has 0 bridgehead atoms. The molecular formula is C18H17N5O9S2. The van der Waals surface area contributed by atoms with Crippen molar-refractivity contribution in [2.75, 3.05) is 18.1 Å². The number of oxime groups is 1. The summed E-state index contributed by atoms with van der Waals surface area (Å²) >= 11 is 2.22. The molecule has 5 N–H and O–H groups in total. The predicted octanol–water partition coefficient (Wildman–Crippen LogP) is -1.03. The third-order valence-corrected chi connectivity index (χ3v) is 7.06. The van der Waals surface area contributed by atoms with Gasteiger partial charge in [-0.15, -0.1) is 23.1 Å². The van der Waals surface area contributed by atoms with Crippen LogP contribution in [0.1, 0.15) is 18.5 Å². The number of nitrogen functional groups attached to an aromatic ring is 1. The zero-order chi connectivity index (χ0) is 24.6. The van der Waals surface area contributed by atoms with E-state index >= 15 is 0 Å². The summed E-state index contributed by atoms with van der Waals surface area (Å²) in [7, 11) is 0. The number of nitrogens with zero attached hydrogens (tertiary/aromatic N) is 3. The summed E-state index contributed by atoms with van der Waals surface area (Å²) in [5.41, 5.74) is 5.28. The van der Waals surface area contributed by atoms with Crippen molar-refractivity contribution in [3.8, 4) is 0 Å². The molecule has 0 spiro atoms. The number of ether oxygens (including phenoxy) is 1. The number of carbonyl (C=O) groups is 5. The number of hydrogen-bond donors (Lipinski definition) is 4. The zero-order valence-corrected chi connectivity index (χ0v) is 18.8. The van der Waals surface area contributed by atoms with Crippen LogP contribution in [0, 0.1) is 0 Å². The predicted molar refractivity (Wildman–Crippen MR) is 115 cm³/mol. The molecule has 2 fully saturated rings. The molecule has 1 unspecified atom stereocenters. The van der Waals surface area contributed by atoms with Crippen molar-refractivity contribution in [3.63, 3.8) is 0 Å². The van der Waals surface area contributed by atoms with Crippen LogP contribution in [0.2, 0.25) is 0 Å². The van der Waals surface area contributed by atoms with Gasteiger partial charge in [-0.2, -0.15) is 0 Å². The van der Waals surface area contributed by atoms with Gasteiger partial charge in [0.2, 0.25) is 6.61 Å². The second-order valence-electron chi connectivity index (χ2n) is 7.24. The molecule has 2 saturated heterocycles. The van der Waals surface area contributed by atoms with Crippen LogP contribution in [0.15, 0.2) is 21.8 Å². The molecule has 16 heteroatoms. The number of anilines is 1. The highest BCUT2D eigenvalue weighted by Gasteiger charge is 2.55. The molecule has 1 aromatic rings. The van der Waals surface area contributed by atoms with Crippen LogP contribution in [-0.4, -0.2) is 85.4 Å². The van der Waals surface area contributed by atoms with Crippen molar-refractivity contribution in [2.24, 2.45) is 5.16 Å². The number of cyclic esters (lactones) is 1. The summed E-state index contributed by atoms with van der Waals surface area (Å²) in [6.45, 7) is -0.813. The van der Waals surface area contributed by atoms with Gasteiger partial charge in [0.15, 0.2) is 10.8 Å². The molecule has 0 radical (unpaired) electrons. The monoisotopic (exact) mass is 511 g/mol. The van der Waals surface area contributed by atoms with Crippen LogP contribution < -0.4 is 11.1 Å². The van der Waals surface area contributed by atoms with Crippen molar-refractivity contribution < 1.29 is 43.8 Å². The number of aromatic nitrogens is 1. The fraction of sp³-hybridized carbons (Fsp3) is 0.389. The number of thioether (sulfide) groups is 1. The minimum Gasteiger partial charge on any atom is -0.479 e. The molecular weight excluding hydrogens is 494 g/mol. The van der Waals surface area contributed by atoms with E-state index in [4.69, 9.17) is 15.6 Å². The van der Waals surface area contributed by atoms with Crippen LogP contribution in [0.5, 0.6) is 0 Å². The van der Waals surface area contributed by atoms with Crippen LogP contribution >= 0.6 is 23.1 Å². The maximum atomic E-state index is 12.9. The third-order valence-electron chi connectivity index (χ3n) is 5.08. The van der Waals surface area contributed by atoms with Gasteiger partial charge in [0, 0.05) is 23.1 Å². The Morgan fingerprint density at radius 3 is 2.71 bits per heavy atom. The van der Waals surface area contributed by atoms with Gasteiger partial charge in [0.1, 0.15) is 28.9 Å². The molecule has 1 aromatic heterocycles. The Morgan fingerprint density at radius 1 is 1.35 bits per heavy atom. The Morgan fingerprint density at radius 2 is 2.12 bits per heavy atom. The summed E-state index contributed by atoms with van der Waals surface area (Å²) in [4.78, 5) is 69.5. The topological polar surface area (TPSA) is 211 Å². The molecule has 3 aliphatic rings. The molecule has 14 nitrogen and oxygen atoms in total. The third kappa shape index (κ3) is 4.41. The van der Waals surface area contributed by atoms with E-state index in [2.05, 4.69) is 20.3 Å². The van der Waals surface area contributed by atoms with Gasteiger partial charge in [-0.25, -0.2) is 14.6 Å². The van der Waals surface area contributed by atoms with E-state index in [1.54, 1.807) is 0 Å². The van der Waals surface area contributed by atoms with E-state index in [1.165, 1.54) is 17.1 Å². The molecule has 3 atom stereocenters. The second kappa shape index (κ2) is 9.30. The largest absolute Gasteiger partial charge is 0.479 e. The Kier molecular flexibility index (Phi) is 6.43. The van der Waals surface area contributed by atoms with E-state index < -0.39 is 59.6 Å². The van der Waals surface area contributed by atoms with Crippen molar-refractivity contribution in [3.05, 3.63) is 22.3 Å². The highest BCUT2D eigenvalue weighted by molar-refractivity contribution is 8.00. The summed E-state index contributed by atoms with van der Waals surface area (Å²) in [5, 5.41) is 25.3. The average molecular weight is 511 g/mol. The normalized spacial score (nSPS) is 24.3. The lowest BCUT2D eigenvalue weighted by Crippen LogP contribution is -2.71. The van der Waals surface area contributed by atoms with Gasteiger partial charge in [0.05, 0.1) is 0 Å². The zero-order valence-electron chi connectivity index (χ0n) is 17.1. The van der Waals surface area contributed by atoms with Crippen molar-refractivity contribution in [1.82, 2.24) is 15.2 Å². The molecule has 0 aliphatic carbocycles. The van der Waals surface area contributed by atoms with E-state index in [0.29, 0.717) is 12.0 Å². The highest BCUT2D eigenvalue weighted by atomic mass is 32.2. The molecule has 180 valence electrons. The lowest BCUT2D eigenvalue weighted by molar-refractivity contribution is -0.150. The van der Waals surface area contributed by atoms with Crippen LogP contribution in [0.3, 0.4) is 0 Å². The van der Waals surface area contributed by atoms with E-state index in [1.807, 2.05) is 0 Å². The number of aliphatic carboxylic acids is 2. The first-order valence-electron chi connectivity index (χ1n) is 9.71. The van der Waals surface area contributed by atoms with Gasteiger partial charge in [-0.05, 0) is 6.42 Å². The molecule has 2 amide bonds. The van der Waals surface area contributed by atoms with Crippen molar-refractivity contribution in [2.45, 2.75) is 30.4 Å². The minimum atomic E-state index is -1.34. The summed E-state index contributed by atoms with van der Waals surface area (Å²) in [6.07, 6.45) is -0.228. The SMILES string of the molecule is Nc1nc(C(=NOCC(=O)O)C(=O)N[C@@H]2C(=O)N3C(C(=O)O)=C(C4CCC(=O)O4)CS[C@H]23)cs1. The molecule has 3 aliphatic heterocycles. The van der Waals surface area contributed by atoms with Crippen LogP contribution in [-0.2, 0) is 33.5 Å². The van der Waals surface area contributed by atoms with Crippen molar-refractivity contribution in [1.29, 1.82) is 0 Å². The Hall–Kier alpha value is -3.66. The number of nitrogens with two attached hydrogens (primary N) is 1. The standard InChI is InChI=1S/C18H17N5O9S2/c19-18-20-7(5-34-18)11(22-31-3-9(24)25)14(27)21-12-15(28)23-13(17(29)30)6(4-33-16(12)23)8-1-2-10(26)32-8/h5,8,12,16H,1-4H2,(H2,19,20)(H,21,27)(H,24,25)(H,29,30)/t8?,12-,16-/m1/s1. The average Bonchev–Trinajstić information content (AvgIpc) is 3.41. The minimum absolute atomic E-state index is 0.0155. The number of amides is 2. The van der Waals surface area contributed by atoms with E-state index in [9.17, 15) is 29.1 Å². The van der Waals surface area contributed by atoms with Gasteiger partial charge in [-0.3, -0.25) is 19.3 Å². The first-order valence-corrected chi connectivity index (χ1v) is 11.6. The number of fused-ring (bicyclic) bond motifs is 1. The van der Waals surface area contributed by atoms with Crippen molar-refractivity contribution >= 4 is 63.7 Å². The number of β-lactam (4-membered cyclic amide) rings is 1. The number of thiazole rings is 1. The molecule has 4 rings (SSSR count). The molecule has 4 heterocycles. The van der Waals surface area contributed by atoms with Gasteiger partial charge < -0.3 is 30.8 Å². The second-order valence-corrected chi connectivity index (χ2v) is 9.23. The Bertz CT molecular complexity index is 1150. The molecule has 0 aromatic carbocycles. The lowest BCUT2D eigenvalue weighted by Gasteiger charge is -2.49. The summed E-state index contributed by atoms with van der Waals surface area (Å²) in [6, 6.07) is -1.08. The first kappa shape index (κ1) is 23.5. The number of nitrogens with one attached hydrogen (secondary N) is 1. The number of carboxylic acid groups (broad SMARTS) is 2. The van der Waals surface area contributed by atoms with Crippen LogP contribution in [0.25, 0.3) is 0 Å². The summed E-state index contributed by atoms with van der Waals surface area (Å²) < 4.78 is 5.18. The highest BCUT2D eigenvalue weighted by Crippen LogP contribution is 2.42. The number of hydrogen-bond acceptors (Lipinski definition) is 12. The number of carboxylic acids is 2. The maximum Gasteiger partial charge on any atom is 0.352 e. The fourth-order valence-corrected chi connectivity index (χ4v) is 5.58. The van der Waals surface area contributed by atoms with Gasteiger partial charge >= 0.3 is 17.9 Å². The molecule has 0 saturated carbocycles. The number of carbonyl (C=O) groups excluding carboxylic acids is 3. The van der Waals surface area contributed by atoms with Crippen LogP contribution in [0.4, 0.5) is 5.13 Å².